The molecule has 2 aliphatic rings. The van der Waals surface area contributed by atoms with Gasteiger partial charge in [0.2, 0.25) is 0 Å². The molecular weight excluding hydrogens is 368 g/mol. The molecule has 0 radical (unpaired) electrons. The average molecular weight is 401 g/mol. The lowest BCUT2D eigenvalue weighted by Gasteiger charge is -2.40. The van der Waals surface area contributed by atoms with Crippen LogP contribution in [0.4, 0.5) is 0 Å². The van der Waals surface area contributed by atoms with Gasteiger partial charge in [0.15, 0.2) is 5.96 Å². The maximum Gasteiger partial charge on any atom is 0.193 e. The summed E-state index contributed by atoms with van der Waals surface area (Å²) in [5.74, 6) is 1.67. The van der Waals surface area contributed by atoms with Crippen LogP contribution in [-0.2, 0) is 13.0 Å². The van der Waals surface area contributed by atoms with Crippen LogP contribution in [0, 0.1) is 5.92 Å². The van der Waals surface area contributed by atoms with E-state index in [4.69, 9.17) is 0 Å². The van der Waals surface area contributed by atoms with E-state index in [-0.39, 0.29) is 0 Å². The number of thiophene rings is 1. The molecule has 7 heteroatoms. The van der Waals surface area contributed by atoms with Crippen molar-refractivity contribution in [3.8, 4) is 0 Å². The summed E-state index contributed by atoms with van der Waals surface area (Å²) in [6.07, 6.45) is 8.25. The molecule has 152 valence electrons. The van der Waals surface area contributed by atoms with Crippen LogP contribution in [0.1, 0.15) is 36.8 Å². The van der Waals surface area contributed by atoms with Crippen LogP contribution in [0.3, 0.4) is 0 Å². The lowest BCUT2D eigenvalue weighted by atomic mass is 9.93. The van der Waals surface area contributed by atoms with Crippen LogP contribution < -0.4 is 5.32 Å². The lowest BCUT2D eigenvalue weighted by Crippen LogP contribution is -2.52. The Morgan fingerprint density at radius 3 is 3.11 bits per heavy atom. The number of guanidine groups is 1. The predicted octanol–water partition coefficient (Wildman–Crippen LogP) is 2.85. The van der Waals surface area contributed by atoms with Gasteiger partial charge in [-0.15, -0.1) is 11.3 Å². The maximum absolute atomic E-state index is 4.59. The molecule has 2 aromatic heterocycles. The number of aliphatic imine (C=N–C) groups is 1. The van der Waals surface area contributed by atoms with Gasteiger partial charge in [-0.3, -0.25) is 9.89 Å². The van der Waals surface area contributed by atoms with Gasteiger partial charge in [0, 0.05) is 63.1 Å². The van der Waals surface area contributed by atoms with E-state index in [0.717, 1.165) is 38.7 Å². The third-order valence-electron chi connectivity index (χ3n) is 6.35. The van der Waals surface area contributed by atoms with Gasteiger partial charge in [0.1, 0.15) is 0 Å². The minimum Gasteiger partial charge on any atom is -0.355 e. The molecule has 4 rings (SSSR count). The zero-order valence-electron chi connectivity index (χ0n) is 17.2. The summed E-state index contributed by atoms with van der Waals surface area (Å²) < 4.78 is 2.25. The SMILES string of the molecule is CN=C(NCC(C)N1CCc2sccc2C1)N1CCC(C)C(n2ccnc2)C1. The number of likely N-dealkylation sites (tertiary alicyclic amines) is 1. The topological polar surface area (TPSA) is 48.7 Å². The summed E-state index contributed by atoms with van der Waals surface area (Å²) in [6, 6.07) is 3.22. The number of imidazole rings is 1. The number of fused-ring (bicyclic) bond motifs is 1. The molecule has 1 saturated heterocycles. The molecule has 0 bridgehead atoms. The predicted molar refractivity (Wildman–Crippen MR) is 116 cm³/mol. The molecule has 3 atom stereocenters. The van der Waals surface area contributed by atoms with Gasteiger partial charge in [-0.25, -0.2) is 4.98 Å². The second kappa shape index (κ2) is 8.66. The number of hydrogen-bond donors (Lipinski definition) is 1. The molecule has 2 aromatic rings. The quantitative estimate of drug-likeness (QED) is 0.633. The minimum atomic E-state index is 0.450. The Labute approximate surface area is 172 Å². The number of hydrogen-bond acceptors (Lipinski definition) is 4. The van der Waals surface area contributed by atoms with Crippen LogP contribution in [-0.4, -0.2) is 64.6 Å². The largest absolute Gasteiger partial charge is 0.355 e. The molecule has 4 heterocycles. The normalized spacial score (nSPS) is 24.8. The first kappa shape index (κ1) is 19.5. The number of nitrogens with one attached hydrogen (secondary N) is 1. The Morgan fingerprint density at radius 2 is 2.32 bits per heavy atom. The first-order valence-electron chi connectivity index (χ1n) is 10.4. The molecule has 0 aromatic carbocycles. The molecule has 0 saturated carbocycles. The molecule has 2 aliphatic heterocycles. The van der Waals surface area contributed by atoms with Crippen molar-refractivity contribution < 1.29 is 0 Å². The van der Waals surface area contributed by atoms with E-state index in [2.05, 4.69) is 61.2 Å². The zero-order chi connectivity index (χ0) is 19.5. The maximum atomic E-state index is 4.59. The van der Waals surface area contributed by atoms with Gasteiger partial charge in [0.25, 0.3) is 0 Å². The number of nitrogens with zero attached hydrogens (tertiary/aromatic N) is 5. The van der Waals surface area contributed by atoms with Crippen LogP contribution in [0.5, 0.6) is 0 Å². The summed E-state index contributed by atoms with van der Waals surface area (Å²) >= 11 is 1.90. The number of rotatable bonds is 4. The highest BCUT2D eigenvalue weighted by molar-refractivity contribution is 7.10. The van der Waals surface area contributed by atoms with Crippen molar-refractivity contribution >= 4 is 17.3 Å². The van der Waals surface area contributed by atoms with Crippen molar-refractivity contribution in [1.82, 2.24) is 24.7 Å². The molecule has 1 N–H and O–H groups in total. The Kier molecular flexibility index (Phi) is 6.01. The highest BCUT2D eigenvalue weighted by Gasteiger charge is 2.29. The molecular formula is C21H32N6S. The van der Waals surface area contributed by atoms with Crippen molar-refractivity contribution in [2.45, 2.75) is 45.3 Å². The van der Waals surface area contributed by atoms with Crippen LogP contribution >= 0.6 is 11.3 Å². The molecule has 0 aliphatic carbocycles. The van der Waals surface area contributed by atoms with Gasteiger partial charge >= 0.3 is 0 Å². The van der Waals surface area contributed by atoms with E-state index >= 15 is 0 Å². The van der Waals surface area contributed by atoms with Crippen molar-refractivity contribution in [2.24, 2.45) is 10.9 Å². The van der Waals surface area contributed by atoms with Crippen molar-refractivity contribution in [3.05, 3.63) is 40.6 Å². The fourth-order valence-corrected chi connectivity index (χ4v) is 5.33. The summed E-state index contributed by atoms with van der Waals surface area (Å²) in [5.41, 5.74) is 1.51. The standard InChI is InChI=1S/C21H32N6S/c1-16-4-8-26(14-19(16)27-10-7-23-15-27)21(22-3)24-12-17(2)25-9-5-20-18(13-25)6-11-28-20/h6-7,10-11,15-17,19H,4-5,8-9,12-14H2,1-3H3,(H,22,24). The van der Waals surface area contributed by atoms with Crippen LogP contribution in [0.2, 0.25) is 0 Å². The monoisotopic (exact) mass is 400 g/mol. The fraction of sp³-hybridized carbons (Fsp3) is 0.619. The van der Waals surface area contributed by atoms with Gasteiger partial charge in [-0.1, -0.05) is 6.92 Å². The van der Waals surface area contributed by atoms with Crippen molar-refractivity contribution in [2.75, 3.05) is 33.2 Å². The summed E-state index contributed by atoms with van der Waals surface area (Å²) in [6.45, 7) is 9.85. The minimum absolute atomic E-state index is 0.450. The Hall–Kier alpha value is -1.86. The number of aromatic nitrogens is 2. The average Bonchev–Trinajstić information content (AvgIpc) is 3.40. The Morgan fingerprint density at radius 1 is 1.43 bits per heavy atom. The fourth-order valence-electron chi connectivity index (χ4n) is 4.44. The van der Waals surface area contributed by atoms with E-state index in [1.165, 1.54) is 18.4 Å². The summed E-state index contributed by atoms with van der Waals surface area (Å²) in [7, 11) is 1.90. The van der Waals surface area contributed by atoms with Gasteiger partial charge in [0.05, 0.1) is 12.4 Å². The third-order valence-corrected chi connectivity index (χ3v) is 7.38. The summed E-state index contributed by atoms with van der Waals surface area (Å²) in [4.78, 5) is 15.4. The third kappa shape index (κ3) is 4.10. The molecule has 1 fully saturated rings. The van der Waals surface area contributed by atoms with Crippen molar-refractivity contribution in [3.63, 3.8) is 0 Å². The molecule has 28 heavy (non-hydrogen) atoms. The van der Waals surface area contributed by atoms with Crippen molar-refractivity contribution in [1.29, 1.82) is 0 Å². The van der Waals surface area contributed by atoms with Crippen LogP contribution in [0.25, 0.3) is 0 Å². The highest BCUT2D eigenvalue weighted by atomic mass is 32.1. The Balaban J connectivity index is 1.33. The van der Waals surface area contributed by atoms with Crippen LogP contribution in [0.15, 0.2) is 35.2 Å². The smallest absolute Gasteiger partial charge is 0.193 e. The van der Waals surface area contributed by atoms with Gasteiger partial charge < -0.3 is 14.8 Å². The first-order chi connectivity index (χ1) is 13.7. The molecule has 6 nitrogen and oxygen atoms in total. The van der Waals surface area contributed by atoms with Gasteiger partial charge in [-0.2, -0.15) is 0 Å². The zero-order valence-corrected chi connectivity index (χ0v) is 18.0. The van der Waals surface area contributed by atoms with Gasteiger partial charge in [-0.05, 0) is 42.7 Å². The van der Waals surface area contributed by atoms with E-state index < -0.39 is 0 Å². The first-order valence-corrected chi connectivity index (χ1v) is 11.3. The van der Waals surface area contributed by atoms with E-state index in [1.807, 2.05) is 30.9 Å². The molecule has 3 unspecified atom stereocenters. The second-order valence-electron chi connectivity index (χ2n) is 8.16. The molecule has 0 spiro atoms. The Bertz CT molecular complexity index is 783. The summed E-state index contributed by atoms with van der Waals surface area (Å²) in [5, 5.41) is 5.88. The van der Waals surface area contributed by atoms with E-state index in [1.54, 1.807) is 4.88 Å². The second-order valence-corrected chi connectivity index (χ2v) is 9.16. The highest BCUT2D eigenvalue weighted by Crippen LogP contribution is 2.28. The molecule has 0 amide bonds. The number of piperidine rings is 1. The lowest BCUT2D eigenvalue weighted by molar-refractivity contribution is 0.179. The van der Waals surface area contributed by atoms with E-state index in [0.29, 0.717) is 18.0 Å². The van der Waals surface area contributed by atoms with E-state index in [9.17, 15) is 0 Å².